The SMILES string of the molecule is CC(C)[C@@H]1C(C#N)(C#N)C(C#N)=C(N)[C@@]1(C)[N+](=O)[O-]. The van der Waals surface area contributed by atoms with Crippen molar-refractivity contribution in [3.8, 4) is 18.2 Å². The summed E-state index contributed by atoms with van der Waals surface area (Å²) in [5.74, 6) is -1.33. The van der Waals surface area contributed by atoms with Crippen LogP contribution in [-0.4, -0.2) is 10.5 Å². The quantitative estimate of drug-likeness (QED) is 0.580. The highest BCUT2D eigenvalue weighted by Crippen LogP contribution is 2.54. The molecule has 0 heterocycles. The van der Waals surface area contributed by atoms with Crippen LogP contribution in [0, 0.1) is 61.4 Å². The summed E-state index contributed by atoms with van der Waals surface area (Å²) in [7, 11) is 0. The second-order valence-corrected chi connectivity index (χ2v) is 5.06. The van der Waals surface area contributed by atoms with Gasteiger partial charge in [0.1, 0.15) is 5.70 Å². The van der Waals surface area contributed by atoms with Crippen molar-refractivity contribution in [2.24, 2.45) is 23.0 Å². The maximum absolute atomic E-state index is 11.4. The molecule has 7 nitrogen and oxygen atoms in total. The van der Waals surface area contributed by atoms with E-state index >= 15 is 0 Å². The Balaban J connectivity index is 3.80. The van der Waals surface area contributed by atoms with E-state index in [2.05, 4.69) is 0 Å². The zero-order chi connectivity index (χ0) is 15.0. The molecule has 1 aliphatic carbocycles. The summed E-state index contributed by atoms with van der Waals surface area (Å²) in [6.45, 7) is 4.60. The lowest BCUT2D eigenvalue weighted by atomic mass is 9.66. The number of allylic oxidation sites excluding steroid dienone is 1. The van der Waals surface area contributed by atoms with Crippen molar-refractivity contribution in [3.05, 3.63) is 21.4 Å². The van der Waals surface area contributed by atoms with E-state index < -0.39 is 21.8 Å². The molecule has 7 heteroatoms. The molecule has 0 saturated heterocycles. The number of hydrogen-bond acceptors (Lipinski definition) is 6. The van der Waals surface area contributed by atoms with Crippen molar-refractivity contribution in [1.29, 1.82) is 15.8 Å². The Hall–Kier alpha value is -2.59. The molecule has 0 radical (unpaired) electrons. The lowest BCUT2D eigenvalue weighted by Gasteiger charge is -2.32. The minimum atomic E-state index is -1.87. The molecule has 1 aliphatic rings. The van der Waals surface area contributed by atoms with Gasteiger partial charge < -0.3 is 5.73 Å². The van der Waals surface area contributed by atoms with Gasteiger partial charge in [0.05, 0.1) is 29.7 Å². The Bertz CT molecular complexity index is 573. The summed E-state index contributed by atoms with van der Waals surface area (Å²) >= 11 is 0. The maximum Gasteiger partial charge on any atom is 0.265 e. The monoisotopic (exact) mass is 259 g/mol. The van der Waals surface area contributed by atoms with E-state index in [1.54, 1.807) is 32.1 Å². The second kappa shape index (κ2) is 4.26. The first kappa shape index (κ1) is 14.5. The van der Waals surface area contributed by atoms with Crippen molar-refractivity contribution in [2.45, 2.75) is 26.3 Å². The molecule has 0 amide bonds. The molecule has 0 saturated carbocycles. The Morgan fingerprint density at radius 2 is 1.84 bits per heavy atom. The topological polar surface area (TPSA) is 141 Å². The van der Waals surface area contributed by atoms with E-state index in [0.717, 1.165) is 0 Å². The van der Waals surface area contributed by atoms with Crippen LogP contribution in [-0.2, 0) is 0 Å². The molecular weight excluding hydrogens is 246 g/mol. The van der Waals surface area contributed by atoms with Crippen molar-refractivity contribution in [3.63, 3.8) is 0 Å². The Kier molecular flexibility index (Phi) is 3.24. The first-order chi connectivity index (χ1) is 8.73. The number of rotatable bonds is 2. The van der Waals surface area contributed by atoms with Gasteiger partial charge in [-0.05, 0) is 5.92 Å². The van der Waals surface area contributed by atoms with E-state index in [1.165, 1.54) is 6.92 Å². The lowest BCUT2D eigenvalue weighted by Crippen LogP contribution is -2.50. The van der Waals surface area contributed by atoms with Crippen LogP contribution < -0.4 is 5.73 Å². The van der Waals surface area contributed by atoms with Gasteiger partial charge in [-0.25, -0.2) is 0 Å². The molecule has 0 aromatic carbocycles. The Morgan fingerprint density at radius 1 is 1.37 bits per heavy atom. The van der Waals surface area contributed by atoms with Crippen LogP contribution in [0.2, 0.25) is 0 Å². The van der Waals surface area contributed by atoms with Crippen LogP contribution in [0.5, 0.6) is 0 Å². The number of nitriles is 3. The minimum absolute atomic E-state index is 0.290. The summed E-state index contributed by atoms with van der Waals surface area (Å²) in [5.41, 5.74) is 1.50. The van der Waals surface area contributed by atoms with Gasteiger partial charge in [0.25, 0.3) is 5.54 Å². The number of nitro groups is 1. The van der Waals surface area contributed by atoms with E-state index in [-0.39, 0.29) is 17.2 Å². The van der Waals surface area contributed by atoms with E-state index in [9.17, 15) is 20.6 Å². The minimum Gasteiger partial charge on any atom is -0.395 e. The van der Waals surface area contributed by atoms with E-state index in [0.29, 0.717) is 0 Å². The molecule has 98 valence electrons. The molecule has 0 aliphatic heterocycles. The molecule has 0 bridgehead atoms. The zero-order valence-corrected chi connectivity index (χ0v) is 10.8. The van der Waals surface area contributed by atoms with Crippen LogP contribution in [0.4, 0.5) is 0 Å². The van der Waals surface area contributed by atoms with Gasteiger partial charge in [-0.1, -0.05) is 13.8 Å². The molecule has 19 heavy (non-hydrogen) atoms. The molecule has 0 aromatic rings. The normalized spacial score (nSPS) is 28.6. The summed E-state index contributed by atoms with van der Waals surface area (Å²) in [6, 6.07) is 5.25. The molecule has 0 aromatic heterocycles. The highest BCUT2D eigenvalue weighted by molar-refractivity contribution is 5.54. The number of hydrogen-bond donors (Lipinski definition) is 1. The van der Waals surface area contributed by atoms with Crippen LogP contribution in [0.15, 0.2) is 11.3 Å². The average molecular weight is 259 g/mol. The molecule has 2 atom stereocenters. The van der Waals surface area contributed by atoms with Gasteiger partial charge in [0, 0.05) is 11.8 Å². The van der Waals surface area contributed by atoms with Gasteiger partial charge in [-0.15, -0.1) is 0 Å². The predicted octanol–water partition coefficient (Wildman–Crippen LogP) is 1.08. The molecule has 1 rings (SSSR count). The smallest absolute Gasteiger partial charge is 0.265 e. The van der Waals surface area contributed by atoms with Crippen LogP contribution in [0.1, 0.15) is 20.8 Å². The maximum atomic E-state index is 11.4. The summed E-state index contributed by atoms with van der Waals surface area (Å²) in [4.78, 5) is 10.8. The first-order valence-electron chi connectivity index (χ1n) is 5.61. The average Bonchev–Trinajstić information content (AvgIpc) is 2.56. The van der Waals surface area contributed by atoms with Gasteiger partial charge >= 0.3 is 0 Å². The molecule has 0 unspecified atom stereocenters. The Morgan fingerprint density at radius 3 is 2.11 bits per heavy atom. The third-order valence-corrected chi connectivity index (χ3v) is 3.79. The first-order valence-corrected chi connectivity index (χ1v) is 5.61. The largest absolute Gasteiger partial charge is 0.395 e. The highest BCUT2D eigenvalue weighted by atomic mass is 16.6. The standard InChI is InChI=1S/C12H13N5O2/c1-7(2)9-11(3,17(18)19)10(16)8(4-13)12(9,5-14)6-15/h7,9H,16H2,1-3H3/t9-,11-/m0/s1. The Labute approximate surface area is 110 Å². The number of nitrogens with zero attached hydrogens (tertiary/aromatic N) is 4. The van der Waals surface area contributed by atoms with E-state index in [4.69, 9.17) is 11.0 Å². The van der Waals surface area contributed by atoms with Crippen molar-refractivity contribution in [2.75, 3.05) is 0 Å². The predicted molar refractivity (Wildman–Crippen MR) is 64.2 cm³/mol. The third-order valence-electron chi connectivity index (χ3n) is 3.79. The van der Waals surface area contributed by atoms with Crippen LogP contribution >= 0.6 is 0 Å². The fraction of sp³-hybridized carbons (Fsp3) is 0.583. The van der Waals surface area contributed by atoms with Gasteiger partial charge in [-0.2, -0.15) is 15.8 Å². The molecule has 0 spiro atoms. The summed E-state index contributed by atoms with van der Waals surface area (Å²) < 4.78 is 0. The third kappa shape index (κ3) is 1.47. The van der Waals surface area contributed by atoms with Crippen molar-refractivity contribution >= 4 is 0 Å². The van der Waals surface area contributed by atoms with Gasteiger partial charge in [0.15, 0.2) is 5.41 Å². The van der Waals surface area contributed by atoms with Crippen LogP contribution in [0.25, 0.3) is 0 Å². The van der Waals surface area contributed by atoms with Gasteiger partial charge in [0.2, 0.25) is 0 Å². The summed E-state index contributed by atoms with van der Waals surface area (Å²) in [5, 5.41) is 39.2. The van der Waals surface area contributed by atoms with Gasteiger partial charge in [-0.3, -0.25) is 10.1 Å². The zero-order valence-electron chi connectivity index (χ0n) is 10.8. The highest BCUT2D eigenvalue weighted by Gasteiger charge is 2.68. The van der Waals surface area contributed by atoms with E-state index in [1.807, 2.05) is 0 Å². The molecular formula is C12H13N5O2. The van der Waals surface area contributed by atoms with Crippen molar-refractivity contribution < 1.29 is 4.92 Å². The van der Waals surface area contributed by atoms with Crippen LogP contribution in [0.3, 0.4) is 0 Å². The molecule has 2 N–H and O–H groups in total. The second-order valence-electron chi connectivity index (χ2n) is 5.06. The fourth-order valence-electron chi connectivity index (χ4n) is 3.00. The fourth-order valence-corrected chi connectivity index (χ4v) is 3.00. The van der Waals surface area contributed by atoms with Crippen molar-refractivity contribution in [1.82, 2.24) is 0 Å². The summed E-state index contributed by atoms with van der Waals surface area (Å²) in [6.07, 6.45) is 0. The number of nitrogens with two attached hydrogens (primary N) is 1. The molecule has 0 fully saturated rings. The lowest BCUT2D eigenvalue weighted by molar-refractivity contribution is -0.566.